The van der Waals surface area contributed by atoms with E-state index in [1.165, 1.54) is 11.3 Å². The number of imidazole rings is 1. The molecule has 7 heteroatoms. The lowest BCUT2D eigenvalue weighted by Gasteiger charge is -2.18. The zero-order chi connectivity index (χ0) is 16.9. The van der Waals surface area contributed by atoms with Crippen molar-refractivity contribution in [2.75, 3.05) is 0 Å². The van der Waals surface area contributed by atoms with Crippen molar-refractivity contribution < 1.29 is 4.79 Å². The fourth-order valence-electron chi connectivity index (χ4n) is 2.39. The van der Waals surface area contributed by atoms with E-state index in [4.69, 9.17) is 0 Å². The molecule has 0 radical (unpaired) electrons. The van der Waals surface area contributed by atoms with Gasteiger partial charge in [0.25, 0.3) is 0 Å². The fourth-order valence-corrected chi connectivity index (χ4v) is 3.04. The van der Waals surface area contributed by atoms with E-state index in [0.29, 0.717) is 0 Å². The molecule has 0 saturated heterocycles. The van der Waals surface area contributed by atoms with E-state index in [1.54, 1.807) is 18.7 Å². The highest BCUT2D eigenvalue weighted by Crippen LogP contribution is 2.18. The number of carbonyl (C=O) groups is 1. The number of hydrogen-bond acceptors (Lipinski definition) is 4. The van der Waals surface area contributed by atoms with Gasteiger partial charge in [0, 0.05) is 29.7 Å². The number of nitrogens with one attached hydrogen (secondary N) is 2. The molecule has 0 bridgehead atoms. The van der Waals surface area contributed by atoms with Crippen molar-refractivity contribution in [3.63, 3.8) is 0 Å². The largest absolute Gasteiger partial charge is 0.332 e. The van der Waals surface area contributed by atoms with Crippen LogP contribution < -0.4 is 10.6 Å². The molecule has 6 nitrogen and oxygen atoms in total. The predicted molar refractivity (Wildman–Crippen MR) is 94.2 cm³/mol. The predicted octanol–water partition coefficient (Wildman–Crippen LogP) is 3.45. The first-order chi connectivity index (χ1) is 11.6. The summed E-state index contributed by atoms with van der Waals surface area (Å²) in [4.78, 5) is 20.5. The van der Waals surface area contributed by atoms with Crippen LogP contribution in [0.1, 0.15) is 36.5 Å². The van der Waals surface area contributed by atoms with E-state index in [0.717, 1.165) is 16.3 Å². The van der Waals surface area contributed by atoms with Crippen molar-refractivity contribution in [3.05, 3.63) is 65.1 Å². The van der Waals surface area contributed by atoms with E-state index in [9.17, 15) is 4.79 Å². The van der Waals surface area contributed by atoms with Crippen LogP contribution in [0.5, 0.6) is 0 Å². The Balaban J connectivity index is 1.63. The van der Waals surface area contributed by atoms with Crippen LogP contribution >= 0.6 is 11.3 Å². The third-order valence-corrected chi connectivity index (χ3v) is 4.65. The molecule has 1 aromatic carbocycles. The van der Waals surface area contributed by atoms with Gasteiger partial charge in [0.05, 0.1) is 18.4 Å². The minimum atomic E-state index is -0.210. The smallest absolute Gasteiger partial charge is 0.315 e. The first-order valence-corrected chi connectivity index (χ1v) is 8.56. The monoisotopic (exact) mass is 341 g/mol. The summed E-state index contributed by atoms with van der Waals surface area (Å²) in [5.74, 6) is 0. The molecule has 0 unspecified atom stereocenters. The van der Waals surface area contributed by atoms with E-state index in [-0.39, 0.29) is 18.1 Å². The molecule has 0 aliphatic heterocycles. The summed E-state index contributed by atoms with van der Waals surface area (Å²) in [5.41, 5.74) is 2.04. The molecule has 0 aliphatic rings. The normalized spacial score (nSPS) is 13.2. The summed E-state index contributed by atoms with van der Waals surface area (Å²) in [5, 5.41) is 8.66. The molecule has 0 fully saturated rings. The molecule has 2 heterocycles. The maximum atomic E-state index is 12.2. The first kappa shape index (κ1) is 16.2. The van der Waals surface area contributed by atoms with Gasteiger partial charge in [0.15, 0.2) is 0 Å². The molecule has 2 N–H and O–H groups in total. The minimum Gasteiger partial charge on any atom is -0.332 e. The van der Waals surface area contributed by atoms with Gasteiger partial charge in [-0.3, -0.25) is 0 Å². The number of benzene rings is 1. The van der Waals surface area contributed by atoms with Crippen LogP contribution in [0.25, 0.3) is 5.69 Å². The van der Waals surface area contributed by atoms with Gasteiger partial charge in [-0.25, -0.2) is 14.8 Å². The van der Waals surface area contributed by atoms with Crippen molar-refractivity contribution in [3.8, 4) is 5.69 Å². The molecule has 0 saturated carbocycles. The Morgan fingerprint density at radius 2 is 2.04 bits per heavy atom. The second-order valence-electron chi connectivity index (χ2n) is 5.50. The van der Waals surface area contributed by atoms with Gasteiger partial charge in [-0.2, -0.15) is 0 Å². The van der Waals surface area contributed by atoms with E-state index >= 15 is 0 Å². The Kier molecular flexibility index (Phi) is 4.90. The zero-order valence-corrected chi connectivity index (χ0v) is 14.3. The number of urea groups is 1. The zero-order valence-electron chi connectivity index (χ0n) is 13.5. The van der Waals surface area contributed by atoms with Crippen LogP contribution in [0, 0.1) is 0 Å². The van der Waals surface area contributed by atoms with Crippen molar-refractivity contribution in [1.82, 2.24) is 25.2 Å². The van der Waals surface area contributed by atoms with Crippen LogP contribution in [0.15, 0.2) is 54.6 Å². The lowest BCUT2D eigenvalue weighted by atomic mass is 10.1. The van der Waals surface area contributed by atoms with Gasteiger partial charge in [-0.1, -0.05) is 12.1 Å². The van der Waals surface area contributed by atoms with Gasteiger partial charge < -0.3 is 15.2 Å². The molecule has 3 rings (SSSR count). The molecule has 3 aromatic rings. The molecule has 0 spiro atoms. The van der Waals surface area contributed by atoms with Gasteiger partial charge >= 0.3 is 6.03 Å². The highest BCUT2D eigenvalue weighted by molar-refractivity contribution is 7.09. The summed E-state index contributed by atoms with van der Waals surface area (Å²) in [6.45, 7) is 3.88. The van der Waals surface area contributed by atoms with Crippen molar-refractivity contribution >= 4 is 17.4 Å². The second-order valence-corrected chi connectivity index (χ2v) is 6.42. The lowest BCUT2D eigenvalue weighted by Crippen LogP contribution is -2.38. The minimum absolute atomic E-state index is 0.114. The lowest BCUT2D eigenvalue weighted by molar-refractivity contribution is 0.235. The molecular formula is C17H19N5OS. The average molecular weight is 341 g/mol. The summed E-state index contributed by atoms with van der Waals surface area (Å²) in [7, 11) is 0. The SMILES string of the molecule is C[C@H](NC(=O)N[C@H](C)c1cccc(-n2ccnc2)c1)c1nccs1. The highest BCUT2D eigenvalue weighted by atomic mass is 32.1. The second kappa shape index (κ2) is 7.27. The average Bonchev–Trinajstić information content (AvgIpc) is 3.28. The summed E-state index contributed by atoms with van der Waals surface area (Å²) < 4.78 is 1.93. The molecule has 124 valence electrons. The molecule has 2 aromatic heterocycles. The quantitative estimate of drug-likeness (QED) is 0.746. The van der Waals surface area contributed by atoms with Crippen LogP contribution in [0.2, 0.25) is 0 Å². The highest BCUT2D eigenvalue weighted by Gasteiger charge is 2.14. The number of amides is 2. The number of rotatable bonds is 5. The van der Waals surface area contributed by atoms with Crippen LogP contribution in [-0.4, -0.2) is 20.6 Å². The fraction of sp³-hybridized carbons (Fsp3) is 0.235. The van der Waals surface area contributed by atoms with Gasteiger partial charge in [-0.05, 0) is 31.5 Å². The van der Waals surface area contributed by atoms with Gasteiger partial charge in [0.2, 0.25) is 0 Å². The Morgan fingerprint density at radius 1 is 1.21 bits per heavy atom. The summed E-state index contributed by atoms with van der Waals surface area (Å²) in [6.07, 6.45) is 7.11. The van der Waals surface area contributed by atoms with Gasteiger partial charge in [-0.15, -0.1) is 11.3 Å². The van der Waals surface area contributed by atoms with Crippen LogP contribution in [0.3, 0.4) is 0 Å². The Bertz CT molecular complexity index is 785. The van der Waals surface area contributed by atoms with Crippen molar-refractivity contribution in [1.29, 1.82) is 0 Å². The number of hydrogen-bond donors (Lipinski definition) is 2. The Morgan fingerprint density at radius 3 is 2.75 bits per heavy atom. The van der Waals surface area contributed by atoms with E-state index in [2.05, 4.69) is 20.6 Å². The van der Waals surface area contributed by atoms with E-state index in [1.807, 2.05) is 54.3 Å². The molecule has 0 aliphatic carbocycles. The molecule has 2 atom stereocenters. The maximum Gasteiger partial charge on any atom is 0.315 e. The maximum absolute atomic E-state index is 12.2. The summed E-state index contributed by atoms with van der Waals surface area (Å²) >= 11 is 1.53. The third-order valence-electron chi connectivity index (χ3n) is 3.69. The van der Waals surface area contributed by atoms with Crippen molar-refractivity contribution in [2.45, 2.75) is 25.9 Å². The third kappa shape index (κ3) is 3.80. The van der Waals surface area contributed by atoms with E-state index < -0.39 is 0 Å². The Labute approximate surface area is 144 Å². The number of carbonyl (C=O) groups excluding carboxylic acids is 1. The van der Waals surface area contributed by atoms with Gasteiger partial charge in [0.1, 0.15) is 5.01 Å². The number of aromatic nitrogens is 3. The molecular weight excluding hydrogens is 322 g/mol. The standard InChI is InChI=1S/C17H19N5OS/c1-12(20-17(23)21-13(2)16-19-7-9-24-16)14-4-3-5-15(10-14)22-8-6-18-11-22/h3-13H,1-2H3,(H2,20,21,23)/t12-,13+/m1/s1. The van der Waals surface area contributed by atoms with Crippen LogP contribution in [-0.2, 0) is 0 Å². The first-order valence-electron chi connectivity index (χ1n) is 7.68. The molecule has 24 heavy (non-hydrogen) atoms. The van der Waals surface area contributed by atoms with Crippen LogP contribution in [0.4, 0.5) is 4.79 Å². The topological polar surface area (TPSA) is 71.8 Å². The number of thiazole rings is 1. The molecule has 2 amide bonds. The Hall–Kier alpha value is -2.67. The van der Waals surface area contributed by atoms with Crippen molar-refractivity contribution in [2.24, 2.45) is 0 Å². The number of nitrogens with zero attached hydrogens (tertiary/aromatic N) is 3. The summed E-state index contributed by atoms with van der Waals surface area (Å²) in [6, 6.07) is 7.57.